The van der Waals surface area contributed by atoms with Crippen LogP contribution in [0.15, 0.2) is 88.8 Å². The van der Waals surface area contributed by atoms with Crippen LogP contribution in [0, 0.1) is 6.92 Å². The normalized spacial score (nSPS) is 11.6. The molecule has 4 aromatic rings. The van der Waals surface area contributed by atoms with Crippen LogP contribution in [0.25, 0.3) is 5.69 Å². The van der Waals surface area contributed by atoms with E-state index in [1.165, 1.54) is 37.4 Å². The number of halogens is 1. The zero-order chi connectivity index (χ0) is 23.4. The van der Waals surface area contributed by atoms with Crippen molar-refractivity contribution in [3.8, 4) is 17.2 Å². The lowest BCUT2D eigenvalue weighted by atomic mass is 10.2. The molecule has 168 valence electrons. The van der Waals surface area contributed by atoms with Crippen LogP contribution in [0.1, 0.15) is 11.3 Å². The van der Waals surface area contributed by atoms with Crippen molar-refractivity contribution in [2.24, 2.45) is 4.99 Å². The number of rotatable bonds is 7. The zero-order valence-electron chi connectivity index (χ0n) is 17.8. The van der Waals surface area contributed by atoms with Gasteiger partial charge in [0.1, 0.15) is 4.90 Å². The monoisotopic (exact) mass is 481 g/mol. The SMILES string of the molecule is COc1cc(C=Nc2cc(C)nn2-c2ccccc2)ccc1OS(=O)(=O)c1ccc(Cl)cc1. The molecule has 0 saturated carbocycles. The van der Waals surface area contributed by atoms with Gasteiger partial charge >= 0.3 is 10.1 Å². The van der Waals surface area contributed by atoms with Crippen LogP contribution < -0.4 is 8.92 Å². The molecule has 0 aliphatic heterocycles. The van der Waals surface area contributed by atoms with Gasteiger partial charge < -0.3 is 8.92 Å². The van der Waals surface area contributed by atoms with Gasteiger partial charge in [0.05, 0.1) is 18.5 Å². The van der Waals surface area contributed by atoms with Crippen molar-refractivity contribution in [1.82, 2.24) is 9.78 Å². The Morgan fingerprint density at radius 2 is 1.70 bits per heavy atom. The van der Waals surface area contributed by atoms with E-state index in [1.807, 2.05) is 43.3 Å². The molecule has 0 aliphatic carbocycles. The third-order valence-corrected chi connectivity index (χ3v) is 6.15. The maximum atomic E-state index is 12.6. The number of nitrogens with zero attached hydrogens (tertiary/aromatic N) is 3. The summed E-state index contributed by atoms with van der Waals surface area (Å²) < 4.78 is 37.6. The highest BCUT2D eigenvalue weighted by molar-refractivity contribution is 7.87. The van der Waals surface area contributed by atoms with Crippen LogP contribution in [0.3, 0.4) is 0 Å². The number of benzene rings is 3. The second-order valence-electron chi connectivity index (χ2n) is 7.05. The van der Waals surface area contributed by atoms with Gasteiger partial charge in [-0.1, -0.05) is 29.8 Å². The average Bonchev–Trinajstić information content (AvgIpc) is 3.19. The maximum absolute atomic E-state index is 12.6. The van der Waals surface area contributed by atoms with Gasteiger partial charge in [0.2, 0.25) is 0 Å². The van der Waals surface area contributed by atoms with Crippen molar-refractivity contribution in [3.63, 3.8) is 0 Å². The minimum atomic E-state index is -4.05. The number of aliphatic imine (C=N–C) groups is 1. The number of para-hydroxylation sites is 1. The Hall–Kier alpha value is -3.62. The van der Waals surface area contributed by atoms with E-state index in [4.69, 9.17) is 20.5 Å². The van der Waals surface area contributed by atoms with E-state index in [9.17, 15) is 8.42 Å². The standard InChI is InChI=1S/C24H20ClN3O4S/c1-17-14-24(28(27-17)20-6-4-3-5-7-20)26-16-18-8-13-22(23(15-18)31-2)32-33(29,30)21-11-9-19(25)10-12-21/h3-16H,1-2H3. The van der Waals surface area contributed by atoms with Crippen molar-refractivity contribution in [1.29, 1.82) is 0 Å². The number of hydrogen-bond donors (Lipinski definition) is 0. The fourth-order valence-corrected chi connectivity index (χ4v) is 4.14. The van der Waals surface area contributed by atoms with Gasteiger partial charge in [0.25, 0.3) is 0 Å². The van der Waals surface area contributed by atoms with Crippen molar-refractivity contribution < 1.29 is 17.3 Å². The van der Waals surface area contributed by atoms with Gasteiger partial charge in [0, 0.05) is 17.3 Å². The largest absolute Gasteiger partial charge is 0.493 e. The maximum Gasteiger partial charge on any atom is 0.339 e. The van der Waals surface area contributed by atoms with Crippen LogP contribution >= 0.6 is 11.6 Å². The molecule has 0 aliphatic rings. The summed E-state index contributed by atoms with van der Waals surface area (Å²) in [7, 11) is -2.61. The lowest BCUT2D eigenvalue weighted by Gasteiger charge is -2.11. The molecule has 0 saturated heterocycles. The van der Waals surface area contributed by atoms with E-state index >= 15 is 0 Å². The molecule has 0 radical (unpaired) electrons. The quantitative estimate of drug-likeness (QED) is 0.262. The summed E-state index contributed by atoms with van der Waals surface area (Å²) in [5.74, 6) is 0.974. The number of methoxy groups -OCH3 is 1. The van der Waals surface area contributed by atoms with Crippen molar-refractivity contribution in [2.45, 2.75) is 11.8 Å². The number of aromatic nitrogens is 2. The average molecular weight is 482 g/mol. The van der Waals surface area contributed by atoms with Gasteiger partial charge in [-0.3, -0.25) is 0 Å². The van der Waals surface area contributed by atoms with E-state index in [0.717, 1.165) is 11.4 Å². The van der Waals surface area contributed by atoms with Gasteiger partial charge in [-0.25, -0.2) is 9.67 Å². The molecule has 1 aromatic heterocycles. The molecule has 9 heteroatoms. The molecule has 0 unspecified atom stereocenters. The molecule has 0 N–H and O–H groups in total. The van der Waals surface area contributed by atoms with Gasteiger partial charge in [-0.15, -0.1) is 0 Å². The zero-order valence-corrected chi connectivity index (χ0v) is 19.4. The molecular weight excluding hydrogens is 462 g/mol. The second-order valence-corrected chi connectivity index (χ2v) is 9.03. The van der Waals surface area contributed by atoms with Crippen molar-refractivity contribution in [2.75, 3.05) is 7.11 Å². The molecular formula is C24H20ClN3O4S. The highest BCUT2D eigenvalue weighted by Crippen LogP contribution is 2.31. The van der Waals surface area contributed by atoms with Gasteiger partial charge in [-0.2, -0.15) is 13.5 Å². The minimum Gasteiger partial charge on any atom is -0.493 e. The predicted molar refractivity (Wildman–Crippen MR) is 128 cm³/mol. The number of ether oxygens (including phenoxy) is 1. The van der Waals surface area contributed by atoms with E-state index in [-0.39, 0.29) is 16.4 Å². The highest BCUT2D eigenvalue weighted by Gasteiger charge is 2.19. The van der Waals surface area contributed by atoms with E-state index in [0.29, 0.717) is 16.4 Å². The van der Waals surface area contributed by atoms with Crippen LogP contribution in [0.2, 0.25) is 5.02 Å². The Balaban J connectivity index is 1.59. The Labute approximate surface area is 197 Å². The molecule has 0 bridgehead atoms. The lowest BCUT2D eigenvalue weighted by Crippen LogP contribution is -2.10. The fraction of sp³-hybridized carbons (Fsp3) is 0.0833. The predicted octanol–water partition coefficient (Wildman–Crippen LogP) is 5.36. The molecule has 0 fully saturated rings. The molecule has 0 spiro atoms. The summed E-state index contributed by atoms with van der Waals surface area (Å²) in [6.07, 6.45) is 1.65. The minimum absolute atomic E-state index is 0.0101. The summed E-state index contributed by atoms with van der Waals surface area (Å²) in [6.45, 7) is 1.90. The van der Waals surface area contributed by atoms with Crippen molar-refractivity contribution >= 4 is 33.8 Å². The van der Waals surface area contributed by atoms with E-state index < -0.39 is 10.1 Å². The van der Waals surface area contributed by atoms with Gasteiger partial charge in [0.15, 0.2) is 17.3 Å². The number of aryl methyl sites for hydroxylation is 1. The lowest BCUT2D eigenvalue weighted by molar-refractivity contribution is 0.390. The highest BCUT2D eigenvalue weighted by atomic mass is 35.5. The molecule has 4 rings (SSSR count). The fourth-order valence-electron chi connectivity index (χ4n) is 3.08. The molecule has 0 atom stereocenters. The van der Waals surface area contributed by atoms with Crippen LogP contribution in [0.4, 0.5) is 5.82 Å². The summed E-state index contributed by atoms with van der Waals surface area (Å²) >= 11 is 5.83. The first kappa shape index (κ1) is 22.6. The first-order valence-electron chi connectivity index (χ1n) is 9.90. The summed E-state index contributed by atoms with van der Waals surface area (Å²) in [5.41, 5.74) is 2.42. The van der Waals surface area contributed by atoms with Crippen molar-refractivity contribution in [3.05, 3.63) is 95.1 Å². The molecule has 33 heavy (non-hydrogen) atoms. The Bertz CT molecular complexity index is 1400. The third-order valence-electron chi connectivity index (χ3n) is 4.65. The smallest absolute Gasteiger partial charge is 0.339 e. The number of hydrogen-bond acceptors (Lipinski definition) is 6. The second kappa shape index (κ2) is 9.48. The van der Waals surface area contributed by atoms with E-state index in [2.05, 4.69) is 10.1 Å². The molecule has 7 nitrogen and oxygen atoms in total. The molecule has 1 heterocycles. The topological polar surface area (TPSA) is 82.8 Å². The Morgan fingerprint density at radius 1 is 0.970 bits per heavy atom. The summed E-state index contributed by atoms with van der Waals surface area (Å²) in [5, 5.41) is 4.93. The van der Waals surface area contributed by atoms with Gasteiger partial charge in [-0.05, 0) is 67.1 Å². The Morgan fingerprint density at radius 3 is 2.39 bits per heavy atom. The van der Waals surface area contributed by atoms with E-state index in [1.54, 1.807) is 23.0 Å². The summed E-state index contributed by atoms with van der Waals surface area (Å²) in [4.78, 5) is 4.55. The van der Waals surface area contributed by atoms with Crippen LogP contribution in [-0.4, -0.2) is 31.5 Å². The summed E-state index contributed by atoms with van der Waals surface area (Å²) in [6, 6.07) is 22.1. The molecule has 3 aromatic carbocycles. The first-order valence-corrected chi connectivity index (χ1v) is 11.7. The van der Waals surface area contributed by atoms with Crippen LogP contribution in [0.5, 0.6) is 11.5 Å². The first-order chi connectivity index (χ1) is 15.9. The third kappa shape index (κ3) is 5.24. The molecule has 0 amide bonds. The van der Waals surface area contributed by atoms with Crippen LogP contribution in [-0.2, 0) is 10.1 Å². The Kier molecular flexibility index (Phi) is 6.48.